The van der Waals surface area contributed by atoms with E-state index in [4.69, 9.17) is 18.9 Å². The van der Waals surface area contributed by atoms with Crippen LogP contribution < -0.4 is 18.9 Å². The van der Waals surface area contributed by atoms with Gasteiger partial charge in [0.1, 0.15) is 30.0 Å². The number of rotatable bonds is 9. The molecule has 0 spiro atoms. The summed E-state index contributed by atoms with van der Waals surface area (Å²) in [6.07, 6.45) is 6.31. The third-order valence-electron chi connectivity index (χ3n) is 11.1. The van der Waals surface area contributed by atoms with E-state index in [-0.39, 0.29) is 59.4 Å². The van der Waals surface area contributed by atoms with Gasteiger partial charge in [-0.15, -0.1) is 0 Å². The first kappa shape index (κ1) is 36.2. The number of methoxy groups -OCH3 is 1. The summed E-state index contributed by atoms with van der Waals surface area (Å²) in [4.78, 5) is 0. The highest BCUT2D eigenvalue weighted by atomic mass is 33.1. The Morgan fingerprint density at radius 2 is 1.76 bits per heavy atom. The fourth-order valence-electron chi connectivity index (χ4n) is 8.52. The molecule has 1 fully saturated rings. The van der Waals surface area contributed by atoms with Gasteiger partial charge in [0.15, 0.2) is 17.6 Å². The standard InChI is InChI=1S/C40H50O9S2/c1-21(2)11-13-47-33-18-29(36(43)40(46-3)38(33)45)39-37(44)30-20-50-51-25-6-4-5-22(15-25)7-8-23-16-28-34(26-10-9-24(42)17-27(23)26)31(48-14-12-41)19-32(49-39)35(28)30/h9-10,17-19,21-23,25,30,37,39,41-45H,4-8,11-16,20H2,1-3H3/t22-,23-,25-,30-,37-,39+/m1/s1. The van der Waals surface area contributed by atoms with Crippen LogP contribution in [0.4, 0.5) is 0 Å². The van der Waals surface area contributed by atoms with E-state index in [1.54, 1.807) is 22.9 Å². The second kappa shape index (κ2) is 15.5. The van der Waals surface area contributed by atoms with Crippen molar-refractivity contribution in [2.45, 2.75) is 94.5 Å². The van der Waals surface area contributed by atoms with Gasteiger partial charge in [-0.05, 0) is 91.2 Å². The molecule has 2 aliphatic carbocycles. The number of hydrogen-bond acceptors (Lipinski definition) is 11. The molecule has 0 amide bonds. The van der Waals surface area contributed by atoms with Crippen molar-refractivity contribution in [3.05, 3.63) is 52.6 Å². The lowest BCUT2D eigenvalue weighted by Gasteiger charge is -2.41. The van der Waals surface area contributed by atoms with Crippen molar-refractivity contribution in [3.63, 3.8) is 0 Å². The zero-order valence-corrected chi connectivity index (χ0v) is 31.2. The number of aromatic hydroxyl groups is 3. The Bertz CT molecular complexity index is 1730. The maximum atomic E-state index is 12.4. The molecule has 3 aromatic carbocycles. The monoisotopic (exact) mass is 738 g/mol. The summed E-state index contributed by atoms with van der Waals surface area (Å²) < 4.78 is 24.5. The van der Waals surface area contributed by atoms with E-state index in [0.717, 1.165) is 47.1 Å². The Morgan fingerprint density at radius 1 is 0.941 bits per heavy atom. The molecule has 3 aromatic rings. The van der Waals surface area contributed by atoms with Gasteiger partial charge < -0.3 is 44.5 Å². The van der Waals surface area contributed by atoms with Gasteiger partial charge in [0.2, 0.25) is 11.5 Å². The summed E-state index contributed by atoms with van der Waals surface area (Å²) in [7, 11) is 5.09. The molecular weight excluding hydrogens is 689 g/mol. The lowest BCUT2D eigenvalue weighted by molar-refractivity contribution is 0.00290. The molecule has 0 aromatic heterocycles. The predicted octanol–water partition coefficient (Wildman–Crippen LogP) is 8.23. The molecule has 6 atom stereocenters. The molecular formula is C40H50O9S2. The van der Waals surface area contributed by atoms with Crippen LogP contribution in [0.2, 0.25) is 0 Å². The normalized spacial score (nSPS) is 25.5. The van der Waals surface area contributed by atoms with Crippen LogP contribution in [0.15, 0.2) is 30.3 Å². The molecule has 5 N–H and O–H groups in total. The number of aliphatic hydroxyl groups excluding tert-OH is 2. The molecule has 51 heavy (non-hydrogen) atoms. The van der Waals surface area contributed by atoms with E-state index < -0.39 is 12.2 Å². The minimum Gasteiger partial charge on any atom is -0.508 e. The average molecular weight is 739 g/mol. The van der Waals surface area contributed by atoms with Crippen LogP contribution in [0, 0.1) is 11.8 Å². The van der Waals surface area contributed by atoms with Crippen molar-refractivity contribution in [1.29, 1.82) is 0 Å². The smallest absolute Gasteiger partial charge is 0.207 e. The van der Waals surface area contributed by atoms with E-state index in [2.05, 4.69) is 13.8 Å². The number of benzene rings is 3. The van der Waals surface area contributed by atoms with Gasteiger partial charge in [-0.1, -0.05) is 54.3 Å². The molecule has 2 heterocycles. The van der Waals surface area contributed by atoms with Gasteiger partial charge in [0, 0.05) is 39.7 Å². The second-order valence-corrected chi connectivity index (χ2v) is 17.6. The van der Waals surface area contributed by atoms with Crippen molar-refractivity contribution >= 4 is 21.6 Å². The van der Waals surface area contributed by atoms with Gasteiger partial charge in [0.05, 0.1) is 20.3 Å². The molecule has 2 aliphatic heterocycles. The lowest BCUT2D eigenvalue weighted by atomic mass is 9.71. The third kappa shape index (κ3) is 7.15. The zero-order valence-electron chi connectivity index (χ0n) is 29.6. The Hall–Kier alpha value is -3.12. The van der Waals surface area contributed by atoms with E-state index in [1.807, 2.05) is 29.0 Å². The topological polar surface area (TPSA) is 138 Å². The number of hydrogen-bond donors (Lipinski definition) is 5. The number of phenols is 3. The zero-order chi connectivity index (χ0) is 35.8. The van der Waals surface area contributed by atoms with Gasteiger partial charge >= 0.3 is 0 Å². The molecule has 1 saturated carbocycles. The van der Waals surface area contributed by atoms with Gasteiger partial charge in [0.25, 0.3) is 0 Å². The Labute approximate surface area is 308 Å². The molecule has 4 aliphatic rings. The van der Waals surface area contributed by atoms with Crippen LogP contribution >= 0.6 is 21.6 Å². The molecule has 0 saturated heterocycles. The van der Waals surface area contributed by atoms with E-state index in [0.29, 0.717) is 47.4 Å². The first-order valence-corrected chi connectivity index (χ1v) is 20.7. The summed E-state index contributed by atoms with van der Waals surface area (Å²) >= 11 is 0. The Balaban J connectivity index is 1.39. The molecule has 4 bridgehead atoms. The molecule has 276 valence electrons. The predicted molar refractivity (Wildman–Crippen MR) is 201 cm³/mol. The van der Waals surface area contributed by atoms with Crippen molar-refractivity contribution in [3.8, 4) is 51.4 Å². The second-order valence-electron chi connectivity index (χ2n) is 14.9. The SMILES string of the molecule is COc1c(O)c(OCCC(C)C)cc([C@@H]2Oc3cc(OCCO)c4c5c3[C@@H](CSS[C@@H]3CCC[C@H](CC[C@H](C5)c5cc(O)ccc5-4)C3)[C@H]2O)c1O. The van der Waals surface area contributed by atoms with E-state index >= 15 is 0 Å². The summed E-state index contributed by atoms with van der Waals surface area (Å²) in [6, 6.07) is 8.98. The van der Waals surface area contributed by atoms with Crippen molar-refractivity contribution < 1.29 is 44.5 Å². The molecule has 7 rings (SSSR count). The van der Waals surface area contributed by atoms with Crippen LogP contribution in [0.1, 0.15) is 99.0 Å². The quantitative estimate of drug-likeness (QED) is 0.136. The van der Waals surface area contributed by atoms with Crippen LogP contribution in [-0.2, 0) is 6.42 Å². The molecule has 0 radical (unpaired) electrons. The summed E-state index contributed by atoms with van der Waals surface area (Å²) in [5.41, 5.74) is 5.25. The van der Waals surface area contributed by atoms with Gasteiger partial charge in [-0.25, -0.2) is 0 Å². The number of phenolic OH excluding ortho intramolecular Hbond substituents is 3. The first-order chi connectivity index (χ1) is 24.7. The maximum Gasteiger partial charge on any atom is 0.207 e. The fourth-order valence-corrected chi connectivity index (χ4v) is 11.7. The van der Waals surface area contributed by atoms with E-state index in [9.17, 15) is 25.5 Å². The average Bonchev–Trinajstić information content (AvgIpc) is 3.12. The summed E-state index contributed by atoms with van der Waals surface area (Å²) in [5.74, 6) is 2.17. The molecule has 9 nitrogen and oxygen atoms in total. The van der Waals surface area contributed by atoms with Crippen molar-refractivity contribution in [2.24, 2.45) is 11.8 Å². The number of aliphatic hydroxyl groups is 2. The molecule has 0 unspecified atom stereocenters. The summed E-state index contributed by atoms with van der Waals surface area (Å²) in [5, 5.41) is 56.0. The van der Waals surface area contributed by atoms with Crippen molar-refractivity contribution in [1.82, 2.24) is 0 Å². The maximum absolute atomic E-state index is 12.4. The van der Waals surface area contributed by atoms with Crippen LogP contribution in [0.25, 0.3) is 11.1 Å². The Morgan fingerprint density at radius 3 is 2.55 bits per heavy atom. The minimum absolute atomic E-state index is 0.0835. The Kier molecular flexibility index (Phi) is 11.0. The van der Waals surface area contributed by atoms with Crippen LogP contribution in [-0.4, -0.2) is 69.6 Å². The van der Waals surface area contributed by atoms with Gasteiger partial charge in [-0.3, -0.25) is 0 Å². The first-order valence-electron chi connectivity index (χ1n) is 18.3. The highest BCUT2D eigenvalue weighted by molar-refractivity contribution is 8.76. The highest BCUT2D eigenvalue weighted by Gasteiger charge is 2.45. The minimum atomic E-state index is -1.06. The van der Waals surface area contributed by atoms with E-state index in [1.165, 1.54) is 32.8 Å². The summed E-state index contributed by atoms with van der Waals surface area (Å²) in [6.45, 7) is 4.45. The lowest BCUT2D eigenvalue weighted by Crippen LogP contribution is -2.37. The van der Waals surface area contributed by atoms with Crippen LogP contribution in [0.5, 0.6) is 40.2 Å². The fraction of sp³-hybridized carbons (Fsp3) is 0.550. The molecule has 11 heteroatoms. The number of fused-ring (bicyclic) bond motifs is 6. The van der Waals surface area contributed by atoms with Crippen LogP contribution in [0.3, 0.4) is 0 Å². The van der Waals surface area contributed by atoms with Crippen molar-refractivity contribution in [2.75, 3.05) is 32.7 Å². The third-order valence-corrected chi connectivity index (χ3v) is 14.1. The van der Waals surface area contributed by atoms with Gasteiger partial charge in [-0.2, -0.15) is 0 Å². The largest absolute Gasteiger partial charge is 0.508 e. The number of ether oxygens (including phenoxy) is 4. The highest BCUT2D eigenvalue weighted by Crippen LogP contribution is 2.58.